The summed E-state index contributed by atoms with van der Waals surface area (Å²) in [6.07, 6.45) is 3.51. The van der Waals surface area contributed by atoms with Crippen molar-refractivity contribution in [1.82, 2.24) is 14.5 Å². The predicted octanol–water partition coefficient (Wildman–Crippen LogP) is 3.37. The summed E-state index contributed by atoms with van der Waals surface area (Å²) in [5.41, 5.74) is 0.279. The second-order valence-corrected chi connectivity index (χ2v) is 6.87. The van der Waals surface area contributed by atoms with Crippen molar-refractivity contribution in [2.45, 2.75) is 18.9 Å². The van der Waals surface area contributed by atoms with E-state index in [-0.39, 0.29) is 17.4 Å². The first-order chi connectivity index (χ1) is 13.1. The molecule has 1 aromatic carbocycles. The Morgan fingerprint density at radius 1 is 1.26 bits per heavy atom. The maximum absolute atomic E-state index is 12.7. The summed E-state index contributed by atoms with van der Waals surface area (Å²) >= 11 is 5.88. The third-order valence-electron chi connectivity index (χ3n) is 4.51. The number of halogens is 1. The summed E-state index contributed by atoms with van der Waals surface area (Å²) in [7, 11) is 1.67. The summed E-state index contributed by atoms with van der Waals surface area (Å²) in [5.74, 6) is 1.26. The van der Waals surface area contributed by atoms with E-state index < -0.39 is 0 Å². The van der Waals surface area contributed by atoms with Crippen molar-refractivity contribution < 1.29 is 9.47 Å². The van der Waals surface area contributed by atoms with Gasteiger partial charge in [-0.2, -0.15) is 4.98 Å². The molecule has 8 heteroatoms. The van der Waals surface area contributed by atoms with Crippen molar-refractivity contribution in [3.05, 3.63) is 51.9 Å². The molecule has 1 N–H and O–H groups in total. The van der Waals surface area contributed by atoms with Crippen molar-refractivity contribution >= 4 is 28.6 Å². The van der Waals surface area contributed by atoms with Gasteiger partial charge in [-0.1, -0.05) is 11.6 Å². The quantitative estimate of drug-likeness (QED) is 0.740. The van der Waals surface area contributed by atoms with Crippen LogP contribution in [0.25, 0.3) is 11.0 Å². The minimum absolute atomic E-state index is 0.209. The van der Waals surface area contributed by atoms with Crippen molar-refractivity contribution in [2.75, 3.05) is 18.5 Å². The first-order valence-corrected chi connectivity index (χ1v) is 9.12. The molecule has 0 atom stereocenters. The fourth-order valence-electron chi connectivity index (χ4n) is 3.01. The third kappa shape index (κ3) is 3.89. The highest BCUT2D eigenvalue weighted by molar-refractivity contribution is 6.30. The largest absolute Gasteiger partial charge is 0.452 e. The van der Waals surface area contributed by atoms with Gasteiger partial charge in [-0.25, -0.2) is 4.98 Å². The van der Waals surface area contributed by atoms with Gasteiger partial charge in [-0.05, 0) is 43.2 Å². The van der Waals surface area contributed by atoms with E-state index in [9.17, 15) is 4.79 Å². The van der Waals surface area contributed by atoms with E-state index >= 15 is 0 Å². The molecule has 1 fully saturated rings. The van der Waals surface area contributed by atoms with E-state index in [0.717, 1.165) is 31.4 Å². The van der Waals surface area contributed by atoms with Gasteiger partial charge in [0.1, 0.15) is 11.4 Å². The topological polar surface area (TPSA) is 78.3 Å². The molecular formula is C19H19ClN4O3. The minimum atomic E-state index is -0.270. The van der Waals surface area contributed by atoms with E-state index in [4.69, 9.17) is 21.1 Å². The Bertz CT molecular complexity index is 1010. The molecule has 1 aliphatic heterocycles. The van der Waals surface area contributed by atoms with Crippen LogP contribution in [-0.2, 0) is 11.8 Å². The zero-order valence-corrected chi connectivity index (χ0v) is 15.6. The van der Waals surface area contributed by atoms with Crippen LogP contribution in [0.4, 0.5) is 5.95 Å². The Hall–Kier alpha value is -2.64. The standard InChI is InChI=1S/C19H19ClN4O3/c1-24-17-12(11-21-19(23-17)22-14-6-8-26-9-7-14)10-16(18(24)25)27-15-4-2-13(20)3-5-15/h2-5,10-11,14H,6-9H2,1H3,(H,21,22,23). The molecule has 140 valence electrons. The number of benzene rings is 1. The van der Waals surface area contributed by atoms with Gasteiger partial charge >= 0.3 is 0 Å². The molecule has 0 saturated carbocycles. The minimum Gasteiger partial charge on any atom is -0.452 e. The molecule has 4 rings (SSSR count). The number of aromatic nitrogens is 3. The number of nitrogens with one attached hydrogen (secondary N) is 1. The van der Waals surface area contributed by atoms with E-state index in [1.165, 1.54) is 4.57 Å². The molecule has 1 saturated heterocycles. The summed E-state index contributed by atoms with van der Waals surface area (Å²) in [4.78, 5) is 21.6. The van der Waals surface area contributed by atoms with Crippen LogP contribution in [0.15, 0.2) is 41.3 Å². The van der Waals surface area contributed by atoms with Gasteiger partial charge in [-0.15, -0.1) is 0 Å². The van der Waals surface area contributed by atoms with Gasteiger partial charge in [0.2, 0.25) is 5.95 Å². The van der Waals surface area contributed by atoms with Crippen LogP contribution in [0.1, 0.15) is 12.8 Å². The van der Waals surface area contributed by atoms with Crippen LogP contribution in [0.5, 0.6) is 11.5 Å². The second-order valence-electron chi connectivity index (χ2n) is 6.43. The molecule has 0 amide bonds. The molecule has 27 heavy (non-hydrogen) atoms. The lowest BCUT2D eigenvalue weighted by molar-refractivity contribution is 0.0903. The van der Waals surface area contributed by atoms with Gasteiger partial charge < -0.3 is 14.8 Å². The molecule has 0 spiro atoms. The zero-order chi connectivity index (χ0) is 18.8. The number of anilines is 1. The van der Waals surface area contributed by atoms with Crippen LogP contribution < -0.4 is 15.6 Å². The van der Waals surface area contributed by atoms with Gasteiger partial charge in [-0.3, -0.25) is 9.36 Å². The van der Waals surface area contributed by atoms with Crippen molar-refractivity contribution in [2.24, 2.45) is 7.05 Å². The lowest BCUT2D eigenvalue weighted by Gasteiger charge is -2.23. The second kappa shape index (κ2) is 7.54. The molecule has 3 heterocycles. The maximum Gasteiger partial charge on any atom is 0.294 e. The Balaban J connectivity index is 1.64. The van der Waals surface area contributed by atoms with Crippen LogP contribution >= 0.6 is 11.6 Å². The van der Waals surface area contributed by atoms with Crippen LogP contribution in [0.2, 0.25) is 5.02 Å². The third-order valence-corrected chi connectivity index (χ3v) is 4.76. The predicted molar refractivity (Wildman–Crippen MR) is 104 cm³/mol. The van der Waals surface area contributed by atoms with E-state index in [1.807, 2.05) is 0 Å². The van der Waals surface area contributed by atoms with E-state index in [0.29, 0.717) is 22.4 Å². The zero-order valence-electron chi connectivity index (χ0n) is 14.8. The lowest BCUT2D eigenvalue weighted by Crippen LogP contribution is -2.29. The SMILES string of the molecule is Cn1c(=O)c(Oc2ccc(Cl)cc2)cc2cnc(NC3CCOCC3)nc21. The summed E-state index contributed by atoms with van der Waals surface area (Å²) in [6, 6.07) is 8.78. The highest BCUT2D eigenvalue weighted by Crippen LogP contribution is 2.23. The van der Waals surface area contributed by atoms with Crippen molar-refractivity contribution in [3.63, 3.8) is 0 Å². The molecule has 7 nitrogen and oxygen atoms in total. The normalized spacial score (nSPS) is 15.0. The number of fused-ring (bicyclic) bond motifs is 1. The number of hydrogen-bond acceptors (Lipinski definition) is 6. The lowest BCUT2D eigenvalue weighted by atomic mass is 10.1. The van der Waals surface area contributed by atoms with Crippen molar-refractivity contribution in [3.8, 4) is 11.5 Å². The van der Waals surface area contributed by atoms with Gasteiger partial charge in [0.15, 0.2) is 5.75 Å². The van der Waals surface area contributed by atoms with Crippen LogP contribution in [0, 0.1) is 0 Å². The highest BCUT2D eigenvalue weighted by atomic mass is 35.5. The monoisotopic (exact) mass is 386 g/mol. The smallest absolute Gasteiger partial charge is 0.294 e. The number of ether oxygens (including phenoxy) is 2. The number of pyridine rings is 1. The maximum atomic E-state index is 12.7. The fourth-order valence-corrected chi connectivity index (χ4v) is 3.14. The molecular weight excluding hydrogens is 368 g/mol. The molecule has 2 aromatic heterocycles. The first-order valence-electron chi connectivity index (χ1n) is 8.74. The molecule has 0 radical (unpaired) electrons. The Labute approximate surface area is 160 Å². The van der Waals surface area contributed by atoms with Crippen molar-refractivity contribution in [1.29, 1.82) is 0 Å². The average Bonchev–Trinajstić information content (AvgIpc) is 2.69. The Morgan fingerprint density at radius 3 is 2.74 bits per heavy atom. The molecule has 0 bridgehead atoms. The number of rotatable bonds is 4. The Kier molecular flexibility index (Phi) is 4.96. The van der Waals surface area contributed by atoms with Crippen LogP contribution in [-0.4, -0.2) is 33.8 Å². The first kappa shape index (κ1) is 17.8. The van der Waals surface area contributed by atoms with E-state index in [1.54, 1.807) is 43.6 Å². The molecule has 1 aliphatic rings. The number of hydrogen-bond donors (Lipinski definition) is 1. The summed E-state index contributed by atoms with van der Waals surface area (Å²) in [5, 5.41) is 4.64. The van der Waals surface area contributed by atoms with Gasteiger partial charge in [0, 0.05) is 42.9 Å². The van der Waals surface area contributed by atoms with Gasteiger partial charge in [0.25, 0.3) is 5.56 Å². The molecule has 0 unspecified atom stereocenters. The summed E-state index contributed by atoms with van der Waals surface area (Å²) in [6.45, 7) is 1.46. The summed E-state index contributed by atoms with van der Waals surface area (Å²) < 4.78 is 12.6. The number of aryl methyl sites for hydroxylation is 1. The number of nitrogens with zero attached hydrogens (tertiary/aromatic N) is 3. The highest BCUT2D eigenvalue weighted by Gasteiger charge is 2.16. The average molecular weight is 387 g/mol. The fraction of sp³-hybridized carbons (Fsp3) is 0.316. The Morgan fingerprint density at radius 2 is 2.00 bits per heavy atom. The van der Waals surface area contributed by atoms with Gasteiger partial charge in [0.05, 0.1) is 0 Å². The molecule has 0 aliphatic carbocycles. The van der Waals surface area contributed by atoms with Crippen LogP contribution in [0.3, 0.4) is 0 Å². The van der Waals surface area contributed by atoms with E-state index in [2.05, 4.69) is 15.3 Å². The molecule has 3 aromatic rings.